The molecular weight excluding hydrogens is 1040 g/mol. The van der Waals surface area contributed by atoms with E-state index in [0.29, 0.717) is 17.4 Å². The third-order valence-corrected chi connectivity index (χ3v) is 15.8. The van der Waals surface area contributed by atoms with Gasteiger partial charge in [0.25, 0.3) is 0 Å². The zero-order valence-corrected chi connectivity index (χ0v) is 55.1. The normalized spacial score (nSPS) is 14.2. The molecule has 0 radical (unpaired) electrons. The Morgan fingerprint density at radius 1 is 0.439 bits per heavy atom. The van der Waals surface area contributed by atoms with Crippen molar-refractivity contribution in [2.75, 3.05) is 40.9 Å². The summed E-state index contributed by atoms with van der Waals surface area (Å²) < 4.78 is 30.7. The number of amides is 1. The number of ether oxygens (including phenoxy) is 1. The molecule has 0 bridgehead atoms. The molecule has 0 aromatic carbocycles. The molecule has 82 heavy (non-hydrogen) atoms. The fourth-order valence-corrected chi connectivity index (χ4v) is 10.3. The molecule has 9 nitrogen and oxygen atoms in total. The van der Waals surface area contributed by atoms with E-state index in [1.807, 2.05) is 39.4 Å². The van der Waals surface area contributed by atoms with Crippen LogP contribution in [0.2, 0.25) is 0 Å². The maximum Gasteiger partial charge on any atom is 0.472 e. The van der Waals surface area contributed by atoms with Crippen molar-refractivity contribution in [3.8, 4) is 0 Å². The van der Waals surface area contributed by atoms with Crippen molar-refractivity contribution in [1.82, 2.24) is 5.32 Å². The molecule has 3 unspecified atom stereocenters. The highest BCUT2D eigenvalue weighted by atomic mass is 31.2. The first-order valence-electron chi connectivity index (χ1n) is 34.1. The first-order chi connectivity index (χ1) is 39.9. The van der Waals surface area contributed by atoms with Crippen molar-refractivity contribution in [2.24, 2.45) is 0 Å². The summed E-state index contributed by atoms with van der Waals surface area (Å²) >= 11 is 0. The molecule has 2 N–H and O–H groups in total. The number of carbonyl (C=O) groups excluding carboxylic acids is 2. The van der Waals surface area contributed by atoms with Gasteiger partial charge < -0.3 is 19.4 Å². The van der Waals surface area contributed by atoms with E-state index in [-0.39, 0.29) is 37.9 Å². The highest BCUT2D eigenvalue weighted by molar-refractivity contribution is 7.47. The number of likely N-dealkylation sites (N-methyl/N-ethyl adjacent to an activating group) is 1. The number of carbonyl (C=O) groups is 2. The lowest BCUT2D eigenvalue weighted by Crippen LogP contribution is -2.47. The summed E-state index contributed by atoms with van der Waals surface area (Å²) in [6, 6.07) is -0.893. The quantitative estimate of drug-likeness (QED) is 0.0205. The molecule has 0 aromatic rings. The fourth-order valence-electron chi connectivity index (χ4n) is 9.55. The van der Waals surface area contributed by atoms with Gasteiger partial charge in [-0.25, -0.2) is 4.57 Å². The van der Waals surface area contributed by atoms with Crippen molar-refractivity contribution >= 4 is 19.7 Å². The number of hydrogen-bond donors (Lipinski definition) is 2. The Morgan fingerprint density at radius 3 is 1.20 bits per heavy atom. The number of allylic oxidation sites excluding steroid dienone is 15. The van der Waals surface area contributed by atoms with E-state index < -0.39 is 20.0 Å². The van der Waals surface area contributed by atoms with Crippen LogP contribution >= 0.6 is 7.82 Å². The second-order valence-corrected chi connectivity index (χ2v) is 25.4. The lowest BCUT2D eigenvalue weighted by atomic mass is 10.0. The zero-order chi connectivity index (χ0) is 60.0. The molecule has 0 spiro atoms. The van der Waals surface area contributed by atoms with Crippen LogP contribution in [-0.2, 0) is 27.9 Å². The van der Waals surface area contributed by atoms with E-state index >= 15 is 0 Å². The first kappa shape index (κ1) is 78.9. The zero-order valence-electron chi connectivity index (χ0n) is 54.2. The molecular formula is C72H130N2O7P+. The Labute approximate surface area is 507 Å². The van der Waals surface area contributed by atoms with Gasteiger partial charge in [-0.2, -0.15) is 0 Å². The molecule has 0 aliphatic carbocycles. The number of phosphoric ester groups is 1. The van der Waals surface area contributed by atoms with Gasteiger partial charge >= 0.3 is 13.8 Å². The number of phosphoric acid groups is 1. The second-order valence-electron chi connectivity index (χ2n) is 24.0. The van der Waals surface area contributed by atoms with E-state index in [2.05, 4.69) is 105 Å². The van der Waals surface area contributed by atoms with Crippen molar-refractivity contribution in [2.45, 2.75) is 309 Å². The SMILES string of the molecule is CC/C=C\C/C=C\C/C=C\C/C=C\C/C=C\C/C=C\CCC(=O)NC(COP(=O)(O)OCC[N+](C)(C)C)C(/C=C\CCCCCCCCCCCC)OC(=O)CCCCCCCCCCCCCCCCC/C=C/CCCCCCCC. The number of nitrogens with zero attached hydrogens (tertiary/aromatic N) is 1. The third-order valence-electron chi connectivity index (χ3n) is 14.8. The Bertz CT molecular complexity index is 1720. The van der Waals surface area contributed by atoms with Crippen molar-refractivity contribution in [3.05, 3.63) is 97.2 Å². The average molecular weight is 1170 g/mol. The van der Waals surface area contributed by atoms with E-state index in [9.17, 15) is 19.0 Å². The number of unbranched alkanes of at least 4 members (excludes halogenated alkanes) is 31. The number of hydrogen-bond acceptors (Lipinski definition) is 6. The minimum absolute atomic E-state index is 0.0235. The van der Waals surface area contributed by atoms with E-state index in [1.165, 1.54) is 180 Å². The number of esters is 1. The van der Waals surface area contributed by atoms with Gasteiger partial charge in [0.15, 0.2) is 0 Å². The molecule has 1 amide bonds. The number of rotatable bonds is 61. The molecule has 0 fully saturated rings. The lowest BCUT2D eigenvalue weighted by Gasteiger charge is -2.27. The predicted molar refractivity (Wildman–Crippen MR) is 355 cm³/mol. The van der Waals surface area contributed by atoms with Gasteiger partial charge in [0.1, 0.15) is 19.3 Å². The van der Waals surface area contributed by atoms with Crippen LogP contribution in [-0.4, -0.2) is 74.3 Å². The summed E-state index contributed by atoms with van der Waals surface area (Å²) in [6.45, 7) is 6.85. The minimum Gasteiger partial charge on any atom is -0.456 e. The Morgan fingerprint density at radius 2 is 0.793 bits per heavy atom. The summed E-state index contributed by atoms with van der Waals surface area (Å²) in [4.78, 5) is 37.8. The third kappa shape index (κ3) is 61.5. The maximum absolute atomic E-state index is 13.5. The van der Waals surface area contributed by atoms with Crippen molar-refractivity contribution < 1.29 is 37.3 Å². The van der Waals surface area contributed by atoms with Crippen LogP contribution < -0.4 is 5.32 Å². The van der Waals surface area contributed by atoms with Crippen molar-refractivity contribution in [1.29, 1.82) is 0 Å². The molecule has 474 valence electrons. The highest BCUT2D eigenvalue weighted by Crippen LogP contribution is 2.43. The minimum atomic E-state index is -4.48. The maximum atomic E-state index is 13.5. The van der Waals surface area contributed by atoms with Crippen molar-refractivity contribution in [3.63, 3.8) is 0 Å². The average Bonchev–Trinajstić information content (AvgIpc) is 3.47. The summed E-state index contributed by atoms with van der Waals surface area (Å²) in [7, 11) is 1.45. The summed E-state index contributed by atoms with van der Waals surface area (Å²) in [5.74, 6) is -0.599. The van der Waals surface area contributed by atoms with Crippen LogP contribution in [0.1, 0.15) is 297 Å². The largest absolute Gasteiger partial charge is 0.472 e. The topological polar surface area (TPSA) is 111 Å². The van der Waals surface area contributed by atoms with E-state index in [4.69, 9.17) is 13.8 Å². The molecule has 0 heterocycles. The Balaban J connectivity index is 5.18. The molecule has 0 rings (SSSR count). The molecule has 0 aromatic heterocycles. The van der Waals surface area contributed by atoms with Gasteiger partial charge in [-0.3, -0.25) is 18.6 Å². The van der Waals surface area contributed by atoms with Crippen LogP contribution in [0.25, 0.3) is 0 Å². The molecule has 0 aliphatic rings. The molecule has 0 saturated carbocycles. The number of nitrogens with one attached hydrogen (secondary N) is 1. The fraction of sp³-hybridized carbons (Fsp3) is 0.750. The van der Waals surface area contributed by atoms with E-state index in [0.717, 1.165) is 77.0 Å². The van der Waals surface area contributed by atoms with Gasteiger partial charge in [0.05, 0.1) is 33.8 Å². The van der Waals surface area contributed by atoms with Crippen LogP contribution in [0.4, 0.5) is 0 Å². The predicted octanol–water partition coefficient (Wildman–Crippen LogP) is 21.5. The van der Waals surface area contributed by atoms with Crippen LogP contribution in [0.15, 0.2) is 97.2 Å². The Hall–Kier alpha value is -3.07. The van der Waals surface area contributed by atoms with Gasteiger partial charge in [0, 0.05) is 12.8 Å². The van der Waals surface area contributed by atoms with Gasteiger partial charge in [0.2, 0.25) is 5.91 Å². The lowest BCUT2D eigenvalue weighted by molar-refractivity contribution is -0.870. The molecule has 3 atom stereocenters. The summed E-state index contributed by atoms with van der Waals surface area (Å²) in [6.07, 6.45) is 83.0. The molecule has 0 saturated heterocycles. The summed E-state index contributed by atoms with van der Waals surface area (Å²) in [5.41, 5.74) is 0. The standard InChI is InChI=1S/C72H129N2O7P/c1-7-10-13-16-19-22-25-28-30-32-34-35-36-37-38-39-41-43-45-47-50-53-56-59-62-65-72(76)81-70(63-60-57-54-51-48-27-24-21-18-15-12-9-3)69(68-80-82(77,78)79-67-66-74(4,5)6)73-71(75)64-61-58-55-52-49-46-44-42-40-33-31-29-26-23-20-17-14-11-8-2/h11,14,20,23,28-31,40,42,46,49,55,58,60,63,69-70H,7-10,12-13,15-19,21-22,24-27,32-39,41,43-45,47-48,50-54,56-57,59,61-62,64-68H2,1-6H3,(H-,73,75,77,78)/p+1/b14-11-,23-20-,30-28+,31-29-,42-40-,49-46-,58-55-,63-60-. The van der Waals surface area contributed by atoms with Crippen LogP contribution in [0.5, 0.6) is 0 Å². The monoisotopic (exact) mass is 1170 g/mol. The second kappa shape index (κ2) is 61.0. The van der Waals surface area contributed by atoms with E-state index in [1.54, 1.807) is 0 Å². The van der Waals surface area contributed by atoms with Gasteiger partial charge in [-0.05, 0) is 96.0 Å². The smallest absolute Gasteiger partial charge is 0.456 e. The highest BCUT2D eigenvalue weighted by Gasteiger charge is 2.30. The van der Waals surface area contributed by atoms with Gasteiger partial charge in [-0.15, -0.1) is 0 Å². The summed E-state index contributed by atoms with van der Waals surface area (Å²) in [5, 5.41) is 3.01. The Kier molecular flexibility index (Phi) is 58.7. The molecule has 0 aliphatic heterocycles. The molecule has 10 heteroatoms. The first-order valence-corrected chi connectivity index (χ1v) is 35.6. The number of quaternary nitrogens is 1. The van der Waals surface area contributed by atoms with Gasteiger partial charge in [-0.1, -0.05) is 285 Å². The van der Waals surface area contributed by atoms with Crippen LogP contribution in [0, 0.1) is 0 Å². The van der Waals surface area contributed by atoms with Crippen LogP contribution in [0.3, 0.4) is 0 Å².